The number of ether oxygens (including phenoxy) is 1. The van der Waals surface area contributed by atoms with Gasteiger partial charge in [-0.1, -0.05) is 19.1 Å². The molecule has 4 rings (SSSR count). The molecule has 10 heteroatoms. The molecule has 1 aliphatic rings. The van der Waals surface area contributed by atoms with Gasteiger partial charge in [0.15, 0.2) is 0 Å². The van der Waals surface area contributed by atoms with Gasteiger partial charge in [0.1, 0.15) is 17.4 Å². The average Bonchev–Trinajstić information content (AvgIpc) is 2.94. The molecule has 2 amide bonds. The highest BCUT2D eigenvalue weighted by molar-refractivity contribution is 5.98. The first-order valence-electron chi connectivity index (χ1n) is 11.9. The van der Waals surface area contributed by atoms with E-state index in [2.05, 4.69) is 21.0 Å². The van der Waals surface area contributed by atoms with Gasteiger partial charge >= 0.3 is 0 Å². The van der Waals surface area contributed by atoms with E-state index in [9.17, 15) is 20.0 Å². The van der Waals surface area contributed by atoms with Gasteiger partial charge in [-0.25, -0.2) is 9.97 Å². The first-order valence-corrected chi connectivity index (χ1v) is 11.9. The Morgan fingerprint density at radius 2 is 2.08 bits per heavy atom. The Labute approximate surface area is 215 Å². The summed E-state index contributed by atoms with van der Waals surface area (Å²) < 4.78 is 6.27. The number of hydrogen-bond donors (Lipinski definition) is 1. The molecule has 2 aromatic heterocycles. The number of aromatic nitrogens is 3. The first kappa shape index (κ1) is 25.7. The van der Waals surface area contributed by atoms with Crippen molar-refractivity contribution in [3.63, 3.8) is 0 Å². The molecule has 0 fully saturated rings. The number of nitrogens with zero attached hydrogens (tertiary/aromatic N) is 6. The summed E-state index contributed by atoms with van der Waals surface area (Å²) >= 11 is 0. The molecule has 37 heavy (non-hydrogen) atoms. The molecule has 0 saturated heterocycles. The number of carbonyl (C=O) groups is 2. The fourth-order valence-electron chi connectivity index (χ4n) is 4.20. The SMILES string of the molecule is C[C@@H]1CN([C@@H](C)CO)C(=O)c2cc(-c3cccc(C#N)c3)cnc2O[C@@H]1CN(C)C(=O)c1cnccn1. The van der Waals surface area contributed by atoms with Crippen LogP contribution in [0.5, 0.6) is 5.88 Å². The van der Waals surface area contributed by atoms with Gasteiger partial charge in [-0.05, 0) is 30.7 Å². The third kappa shape index (κ3) is 5.57. The van der Waals surface area contributed by atoms with Crippen molar-refractivity contribution in [2.75, 3.05) is 26.7 Å². The lowest BCUT2D eigenvalue weighted by molar-refractivity contribution is 0.0312. The fourth-order valence-corrected chi connectivity index (χ4v) is 4.20. The standard InChI is InChI=1S/C27H28N6O4/c1-17-14-33(18(2)16-34)26(35)22-10-21(20-6-4-5-19(9-20)11-28)12-31-25(22)37-24(17)15-32(3)27(36)23-13-29-7-8-30-23/h4-10,12-13,17-18,24,34H,14-16H2,1-3H3/t17-,18+,24-/m1/s1. The predicted octanol–water partition coefficient (Wildman–Crippen LogP) is 2.40. The smallest absolute Gasteiger partial charge is 0.273 e. The minimum Gasteiger partial charge on any atom is -0.472 e. The van der Waals surface area contributed by atoms with Crippen molar-refractivity contribution in [3.8, 4) is 23.1 Å². The van der Waals surface area contributed by atoms with Crippen molar-refractivity contribution in [1.82, 2.24) is 24.8 Å². The van der Waals surface area contributed by atoms with Crippen molar-refractivity contribution in [2.45, 2.75) is 26.0 Å². The van der Waals surface area contributed by atoms with Crippen molar-refractivity contribution in [1.29, 1.82) is 5.26 Å². The summed E-state index contributed by atoms with van der Waals surface area (Å²) in [6.45, 7) is 4.04. The zero-order valence-corrected chi connectivity index (χ0v) is 20.9. The number of likely N-dealkylation sites (N-methyl/N-ethyl adjacent to an activating group) is 1. The van der Waals surface area contributed by atoms with E-state index in [0.717, 1.165) is 5.56 Å². The van der Waals surface area contributed by atoms with Gasteiger partial charge in [-0.3, -0.25) is 14.6 Å². The fraction of sp³-hybridized carbons (Fsp3) is 0.333. The molecule has 10 nitrogen and oxygen atoms in total. The molecular weight excluding hydrogens is 472 g/mol. The van der Waals surface area contributed by atoms with Crippen LogP contribution in [0.1, 0.15) is 40.3 Å². The molecule has 3 heterocycles. The molecule has 1 aliphatic heterocycles. The normalized spacial score (nSPS) is 18.0. The highest BCUT2D eigenvalue weighted by Crippen LogP contribution is 2.30. The van der Waals surface area contributed by atoms with Crippen LogP contribution in [0.25, 0.3) is 11.1 Å². The second-order valence-corrected chi connectivity index (χ2v) is 9.17. The number of aliphatic hydroxyl groups excluding tert-OH is 1. The Balaban J connectivity index is 1.70. The van der Waals surface area contributed by atoms with Crippen LogP contribution in [-0.2, 0) is 0 Å². The summed E-state index contributed by atoms with van der Waals surface area (Å²) in [5.41, 5.74) is 2.36. The van der Waals surface area contributed by atoms with Crippen LogP contribution in [0.15, 0.2) is 55.1 Å². The van der Waals surface area contributed by atoms with E-state index in [1.807, 2.05) is 13.0 Å². The summed E-state index contributed by atoms with van der Waals surface area (Å²) in [7, 11) is 1.66. The Morgan fingerprint density at radius 3 is 2.78 bits per heavy atom. The molecule has 190 valence electrons. The number of carbonyl (C=O) groups excluding carboxylic acids is 2. The maximum Gasteiger partial charge on any atom is 0.273 e. The van der Waals surface area contributed by atoms with Crippen molar-refractivity contribution in [2.24, 2.45) is 5.92 Å². The van der Waals surface area contributed by atoms with E-state index < -0.39 is 12.1 Å². The number of pyridine rings is 1. The van der Waals surface area contributed by atoms with Gasteiger partial charge in [-0.15, -0.1) is 0 Å². The number of aliphatic hydroxyl groups is 1. The van der Waals surface area contributed by atoms with Gasteiger partial charge in [0.2, 0.25) is 5.88 Å². The topological polar surface area (TPSA) is 133 Å². The minimum absolute atomic E-state index is 0.150. The highest BCUT2D eigenvalue weighted by Gasteiger charge is 2.35. The third-order valence-electron chi connectivity index (χ3n) is 6.43. The van der Waals surface area contributed by atoms with E-state index in [-0.39, 0.29) is 48.0 Å². The lowest BCUT2D eigenvalue weighted by Gasteiger charge is -2.37. The summed E-state index contributed by atoms with van der Waals surface area (Å²) in [5, 5.41) is 19.1. The minimum atomic E-state index is -0.494. The molecule has 0 aliphatic carbocycles. The van der Waals surface area contributed by atoms with E-state index in [1.54, 1.807) is 49.3 Å². The Hall–Kier alpha value is -4.36. The number of fused-ring (bicyclic) bond motifs is 1. The molecule has 0 saturated carbocycles. The molecular formula is C27H28N6O4. The predicted molar refractivity (Wildman–Crippen MR) is 135 cm³/mol. The molecule has 3 aromatic rings. The Kier molecular flexibility index (Phi) is 7.74. The summed E-state index contributed by atoms with van der Waals surface area (Å²) in [6, 6.07) is 10.4. The number of hydrogen-bond acceptors (Lipinski definition) is 8. The Bertz CT molecular complexity index is 1330. The molecule has 3 atom stereocenters. The van der Waals surface area contributed by atoms with Gasteiger partial charge in [0.25, 0.3) is 11.8 Å². The van der Waals surface area contributed by atoms with Crippen LogP contribution in [0.4, 0.5) is 0 Å². The molecule has 0 unspecified atom stereocenters. The van der Waals surface area contributed by atoms with Crippen LogP contribution in [0.2, 0.25) is 0 Å². The van der Waals surface area contributed by atoms with Gasteiger partial charge in [0, 0.05) is 43.7 Å². The largest absolute Gasteiger partial charge is 0.472 e. The molecule has 1 aromatic carbocycles. The maximum atomic E-state index is 13.6. The summed E-state index contributed by atoms with van der Waals surface area (Å²) in [6.07, 6.45) is 5.47. The number of rotatable bonds is 6. The highest BCUT2D eigenvalue weighted by atomic mass is 16.5. The van der Waals surface area contributed by atoms with E-state index in [0.29, 0.717) is 17.7 Å². The quantitative estimate of drug-likeness (QED) is 0.546. The lowest BCUT2D eigenvalue weighted by atomic mass is 9.98. The maximum absolute atomic E-state index is 13.6. The molecule has 0 radical (unpaired) electrons. The van der Waals surface area contributed by atoms with Crippen molar-refractivity contribution >= 4 is 11.8 Å². The van der Waals surface area contributed by atoms with Gasteiger partial charge < -0.3 is 19.6 Å². The average molecular weight is 501 g/mol. The third-order valence-corrected chi connectivity index (χ3v) is 6.43. The van der Waals surface area contributed by atoms with Crippen LogP contribution in [0, 0.1) is 17.2 Å². The van der Waals surface area contributed by atoms with E-state index in [4.69, 9.17) is 4.74 Å². The summed E-state index contributed by atoms with van der Waals surface area (Å²) in [5.74, 6) is -0.644. The zero-order chi connectivity index (χ0) is 26.5. The molecule has 0 spiro atoms. The number of benzene rings is 1. The number of amides is 2. The van der Waals surface area contributed by atoms with Crippen LogP contribution in [0.3, 0.4) is 0 Å². The van der Waals surface area contributed by atoms with Crippen LogP contribution < -0.4 is 4.74 Å². The zero-order valence-electron chi connectivity index (χ0n) is 20.9. The molecule has 1 N–H and O–H groups in total. The first-order chi connectivity index (χ1) is 17.8. The van der Waals surface area contributed by atoms with Crippen LogP contribution in [-0.4, -0.2) is 80.6 Å². The van der Waals surface area contributed by atoms with Gasteiger partial charge in [-0.2, -0.15) is 5.26 Å². The number of nitriles is 1. The van der Waals surface area contributed by atoms with E-state index >= 15 is 0 Å². The van der Waals surface area contributed by atoms with Gasteiger partial charge in [0.05, 0.1) is 37.0 Å². The molecule has 0 bridgehead atoms. The van der Waals surface area contributed by atoms with Crippen LogP contribution >= 0.6 is 0 Å². The Morgan fingerprint density at radius 1 is 1.27 bits per heavy atom. The van der Waals surface area contributed by atoms with Crippen molar-refractivity contribution in [3.05, 3.63) is 71.9 Å². The summed E-state index contributed by atoms with van der Waals surface area (Å²) in [4.78, 5) is 42.1. The second kappa shape index (κ2) is 11.1. The second-order valence-electron chi connectivity index (χ2n) is 9.17. The van der Waals surface area contributed by atoms with Crippen molar-refractivity contribution < 1.29 is 19.4 Å². The monoisotopic (exact) mass is 500 g/mol. The van der Waals surface area contributed by atoms with E-state index in [1.165, 1.54) is 23.5 Å². The lowest BCUT2D eigenvalue weighted by Crippen LogP contribution is -2.50.